The van der Waals surface area contributed by atoms with Crippen LogP contribution in [0.5, 0.6) is 0 Å². The number of sulfonamides is 1. The van der Waals surface area contributed by atoms with Crippen LogP contribution >= 0.6 is 23.2 Å². The van der Waals surface area contributed by atoms with E-state index in [9.17, 15) is 13.2 Å². The number of rotatable bonds is 5. The standard InChI is InChI=1S/C20H21Cl2N3O3S/c21-15-9-8-14(18(22)12-15)11-20(26)24-16-5-4-6-17(13-16)29(27,28)25-19-7-2-1-3-10-23-19/h4-6,8-9,12-13H,1-3,7,10-11H2,(H,23,25)(H,24,26). The van der Waals surface area contributed by atoms with Crippen LogP contribution in [0.15, 0.2) is 52.4 Å². The van der Waals surface area contributed by atoms with E-state index < -0.39 is 10.0 Å². The van der Waals surface area contributed by atoms with Crippen molar-refractivity contribution in [3.05, 3.63) is 58.1 Å². The van der Waals surface area contributed by atoms with Gasteiger partial charge in [-0.15, -0.1) is 0 Å². The van der Waals surface area contributed by atoms with Crippen molar-refractivity contribution in [3.63, 3.8) is 0 Å². The maximum Gasteiger partial charge on any atom is 0.262 e. The van der Waals surface area contributed by atoms with Gasteiger partial charge in [-0.1, -0.05) is 41.8 Å². The minimum absolute atomic E-state index is 0.0437. The molecule has 1 aliphatic rings. The predicted molar refractivity (Wildman–Crippen MR) is 116 cm³/mol. The number of halogens is 2. The third-order valence-electron chi connectivity index (χ3n) is 4.42. The van der Waals surface area contributed by atoms with Gasteiger partial charge in [-0.3, -0.25) is 14.5 Å². The van der Waals surface area contributed by atoms with Crippen molar-refractivity contribution in [2.75, 3.05) is 11.9 Å². The van der Waals surface area contributed by atoms with Gasteiger partial charge in [0.2, 0.25) is 5.91 Å². The molecule has 0 saturated carbocycles. The molecule has 2 aromatic carbocycles. The Labute approximate surface area is 180 Å². The summed E-state index contributed by atoms with van der Waals surface area (Å²) in [5.41, 5.74) is 1.01. The fourth-order valence-corrected chi connectivity index (χ4v) is 4.57. The number of carbonyl (C=O) groups excluding carboxylic acids is 1. The fourth-order valence-electron chi connectivity index (χ4n) is 2.96. The van der Waals surface area contributed by atoms with Crippen molar-refractivity contribution < 1.29 is 13.2 Å². The molecule has 0 atom stereocenters. The Bertz CT molecular complexity index is 1040. The molecule has 1 heterocycles. The second kappa shape index (κ2) is 9.61. The number of carbonyl (C=O) groups is 1. The first-order valence-corrected chi connectivity index (χ1v) is 11.5. The molecule has 3 rings (SSSR count). The van der Waals surface area contributed by atoms with Crippen LogP contribution in [0.1, 0.15) is 31.2 Å². The smallest absolute Gasteiger partial charge is 0.262 e. The van der Waals surface area contributed by atoms with Gasteiger partial charge in [0, 0.05) is 28.7 Å². The van der Waals surface area contributed by atoms with E-state index in [-0.39, 0.29) is 17.2 Å². The summed E-state index contributed by atoms with van der Waals surface area (Å²) in [6.07, 6.45) is 3.56. The van der Waals surface area contributed by atoms with Crippen LogP contribution in [-0.2, 0) is 21.2 Å². The van der Waals surface area contributed by atoms with Crippen LogP contribution < -0.4 is 10.0 Å². The number of nitrogens with one attached hydrogen (secondary N) is 2. The lowest BCUT2D eigenvalue weighted by Gasteiger charge is -2.11. The van der Waals surface area contributed by atoms with Crippen molar-refractivity contribution in [2.45, 2.75) is 37.0 Å². The first-order chi connectivity index (χ1) is 13.8. The molecule has 0 saturated heterocycles. The van der Waals surface area contributed by atoms with Gasteiger partial charge in [-0.25, -0.2) is 8.42 Å². The highest BCUT2D eigenvalue weighted by Gasteiger charge is 2.18. The van der Waals surface area contributed by atoms with Gasteiger partial charge in [0.15, 0.2) is 0 Å². The molecule has 6 nitrogen and oxygen atoms in total. The largest absolute Gasteiger partial charge is 0.326 e. The van der Waals surface area contributed by atoms with Crippen molar-refractivity contribution in [3.8, 4) is 0 Å². The van der Waals surface area contributed by atoms with Crippen LogP contribution in [0.25, 0.3) is 0 Å². The van der Waals surface area contributed by atoms with E-state index in [1.165, 1.54) is 12.1 Å². The molecule has 0 unspecified atom stereocenters. The van der Waals surface area contributed by atoms with Crippen molar-refractivity contribution in [1.82, 2.24) is 4.72 Å². The summed E-state index contributed by atoms with van der Waals surface area (Å²) in [7, 11) is -3.77. The zero-order valence-corrected chi connectivity index (χ0v) is 17.9. The predicted octanol–water partition coefficient (Wildman–Crippen LogP) is 4.43. The third-order valence-corrected chi connectivity index (χ3v) is 6.39. The normalized spacial score (nSPS) is 14.6. The molecule has 0 aliphatic carbocycles. The summed E-state index contributed by atoms with van der Waals surface area (Å²) in [6, 6.07) is 11.0. The summed E-state index contributed by atoms with van der Waals surface area (Å²) in [5.74, 6) is 0.166. The quantitative estimate of drug-likeness (QED) is 0.701. The van der Waals surface area contributed by atoms with E-state index in [1.807, 2.05) is 0 Å². The Morgan fingerprint density at radius 1 is 1.07 bits per heavy atom. The molecular weight excluding hydrogens is 433 g/mol. The number of nitrogens with zero attached hydrogens (tertiary/aromatic N) is 1. The van der Waals surface area contributed by atoms with Crippen LogP contribution in [0.4, 0.5) is 5.69 Å². The van der Waals surface area contributed by atoms with Gasteiger partial charge in [-0.2, -0.15) is 0 Å². The number of hydrogen-bond donors (Lipinski definition) is 2. The number of benzene rings is 2. The topological polar surface area (TPSA) is 87.6 Å². The van der Waals surface area contributed by atoms with Crippen molar-refractivity contribution in [2.24, 2.45) is 4.99 Å². The SMILES string of the molecule is O=C(Cc1ccc(Cl)cc1Cl)Nc1cccc(S(=O)(=O)NC2=NCCCCC2)c1. The number of hydrogen-bond acceptors (Lipinski definition) is 4. The summed E-state index contributed by atoms with van der Waals surface area (Å²) in [5, 5.41) is 3.59. The molecule has 1 aliphatic heterocycles. The van der Waals surface area contributed by atoms with Crippen LogP contribution in [0.3, 0.4) is 0 Å². The second-order valence-corrected chi connectivity index (χ2v) is 9.26. The average Bonchev–Trinajstić information content (AvgIpc) is 2.92. The average molecular weight is 454 g/mol. The molecule has 9 heteroatoms. The van der Waals surface area contributed by atoms with Crippen molar-refractivity contribution in [1.29, 1.82) is 0 Å². The second-order valence-electron chi connectivity index (χ2n) is 6.73. The molecular formula is C20H21Cl2N3O3S. The molecule has 1 amide bonds. The highest BCUT2D eigenvalue weighted by molar-refractivity contribution is 7.90. The lowest BCUT2D eigenvalue weighted by molar-refractivity contribution is -0.115. The van der Waals surface area contributed by atoms with Gasteiger partial charge in [0.1, 0.15) is 5.84 Å². The summed E-state index contributed by atoms with van der Waals surface area (Å²) in [6.45, 7) is 0.626. The fraction of sp³-hybridized carbons (Fsp3) is 0.300. The molecule has 0 fully saturated rings. The highest BCUT2D eigenvalue weighted by atomic mass is 35.5. The van der Waals surface area contributed by atoms with E-state index in [4.69, 9.17) is 23.2 Å². The first kappa shape index (κ1) is 21.6. The van der Waals surface area contributed by atoms with Gasteiger partial charge in [0.25, 0.3) is 10.0 Å². The van der Waals surface area contributed by atoms with Gasteiger partial charge in [-0.05, 0) is 48.7 Å². The van der Waals surface area contributed by atoms with Gasteiger partial charge in [0.05, 0.1) is 11.3 Å². The molecule has 29 heavy (non-hydrogen) atoms. The van der Waals surface area contributed by atoms with E-state index in [2.05, 4.69) is 15.0 Å². The first-order valence-electron chi connectivity index (χ1n) is 9.23. The monoisotopic (exact) mass is 453 g/mol. The lowest BCUT2D eigenvalue weighted by Crippen LogP contribution is -2.30. The zero-order valence-electron chi connectivity index (χ0n) is 15.6. The Morgan fingerprint density at radius 2 is 1.90 bits per heavy atom. The summed E-state index contributed by atoms with van der Waals surface area (Å²) in [4.78, 5) is 16.7. The number of anilines is 1. The molecule has 0 spiro atoms. The van der Waals surface area contributed by atoms with E-state index in [0.29, 0.717) is 40.1 Å². The molecule has 0 aromatic heterocycles. The minimum atomic E-state index is -3.77. The minimum Gasteiger partial charge on any atom is -0.326 e. The Balaban J connectivity index is 1.69. The van der Waals surface area contributed by atoms with E-state index >= 15 is 0 Å². The van der Waals surface area contributed by atoms with Crippen LogP contribution in [0, 0.1) is 0 Å². The maximum absolute atomic E-state index is 12.7. The summed E-state index contributed by atoms with van der Waals surface area (Å²) < 4.78 is 27.9. The highest BCUT2D eigenvalue weighted by Crippen LogP contribution is 2.22. The van der Waals surface area contributed by atoms with Crippen LogP contribution in [-0.4, -0.2) is 26.7 Å². The number of amides is 1. The van der Waals surface area contributed by atoms with Crippen LogP contribution in [0.2, 0.25) is 10.0 Å². The lowest BCUT2D eigenvalue weighted by atomic mass is 10.1. The Hall–Kier alpha value is -2.09. The van der Waals surface area contributed by atoms with Gasteiger partial charge < -0.3 is 5.32 Å². The number of aliphatic imine (C=N–C) groups is 1. The molecule has 2 N–H and O–H groups in total. The summed E-state index contributed by atoms with van der Waals surface area (Å²) >= 11 is 12.0. The molecule has 154 valence electrons. The number of amidine groups is 1. The molecule has 0 radical (unpaired) electrons. The molecule has 2 aromatic rings. The Kier molecular flexibility index (Phi) is 7.16. The zero-order chi connectivity index (χ0) is 20.9. The Morgan fingerprint density at radius 3 is 2.69 bits per heavy atom. The third kappa shape index (κ3) is 6.19. The van der Waals surface area contributed by atoms with E-state index in [0.717, 1.165) is 19.3 Å². The molecule has 0 bridgehead atoms. The maximum atomic E-state index is 12.7. The van der Waals surface area contributed by atoms with E-state index in [1.54, 1.807) is 30.3 Å². The van der Waals surface area contributed by atoms with Crippen molar-refractivity contribution >= 4 is 50.7 Å². The van der Waals surface area contributed by atoms with Gasteiger partial charge >= 0.3 is 0 Å².